The zero-order valence-electron chi connectivity index (χ0n) is 11.0. The predicted octanol–water partition coefficient (Wildman–Crippen LogP) is 2.27. The van der Waals surface area contributed by atoms with Crippen molar-refractivity contribution in [1.82, 2.24) is 5.32 Å². The zero-order chi connectivity index (χ0) is 13.0. The van der Waals surface area contributed by atoms with Crippen LogP contribution >= 0.6 is 0 Å². The van der Waals surface area contributed by atoms with Crippen LogP contribution in [-0.4, -0.2) is 27.9 Å². The Morgan fingerprint density at radius 1 is 1.17 bits per heavy atom. The van der Waals surface area contributed by atoms with Crippen molar-refractivity contribution in [2.45, 2.75) is 12.5 Å². The summed E-state index contributed by atoms with van der Waals surface area (Å²) in [7, 11) is 5.22. The molecule has 1 atom stereocenters. The van der Waals surface area contributed by atoms with Gasteiger partial charge in [-0.1, -0.05) is 0 Å². The highest BCUT2D eigenvalue weighted by Gasteiger charge is 2.20. The average Bonchev–Trinajstić information content (AvgIpc) is 2.93. The number of hydrogen-bond acceptors (Lipinski definition) is 4. The van der Waals surface area contributed by atoms with Crippen LogP contribution in [0.15, 0.2) is 30.0 Å². The van der Waals surface area contributed by atoms with E-state index in [1.807, 2.05) is 25.2 Å². The van der Waals surface area contributed by atoms with Gasteiger partial charge in [0.25, 0.3) is 0 Å². The topological polar surface area (TPSA) is 39.7 Å². The Hall–Kier alpha value is -1.68. The first-order valence-electron chi connectivity index (χ1n) is 6.01. The summed E-state index contributed by atoms with van der Waals surface area (Å²) < 4.78 is 16.2. The summed E-state index contributed by atoms with van der Waals surface area (Å²) >= 11 is 0. The Bertz CT molecular complexity index is 420. The lowest BCUT2D eigenvalue weighted by atomic mass is 10.0. The Labute approximate surface area is 108 Å². The van der Waals surface area contributed by atoms with Gasteiger partial charge in [0.05, 0.1) is 26.9 Å². The summed E-state index contributed by atoms with van der Waals surface area (Å²) in [6, 6.07) is 5.88. The second kappa shape index (κ2) is 5.78. The number of nitrogens with one attached hydrogen (secondary N) is 1. The highest BCUT2D eigenvalue weighted by Crippen LogP contribution is 2.31. The van der Waals surface area contributed by atoms with Crippen LogP contribution in [0.3, 0.4) is 0 Å². The molecular formula is C14H19NO3. The van der Waals surface area contributed by atoms with Gasteiger partial charge < -0.3 is 19.5 Å². The molecule has 1 aliphatic heterocycles. The molecule has 0 spiro atoms. The highest BCUT2D eigenvalue weighted by atomic mass is 16.5. The molecule has 1 aromatic carbocycles. The minimum Gasteiger partial charge on any atom is -0.497 e. The van der Waals surface area contributed by atoms with Crippen LogP contribution in [0.2, 0.25) is 0 Å². The maximum atomic E-state index is 5.62. The van der Waals surface area contributed by atoms with E-state index in [4.69, 9.17) is 14.2 Å². The zero-order valence-corrected chi connectivity index (χ0v) is 11.0. The van der Waals surface area contributed by atoms with E-state index in [-0.39, 0.29) is 6.04 Å². The second-order valence-corrected chi connectivity index (χ2v) is 4.11. The number of likely N-dealkylation sites (N-methyl/N-ethyl adjacent to an activating group) is 1. The fourth-order valence-electron chi connectivity index (χ4n) is 2.11. The summed E-state index contributed by atoms with van der Waals surface area (Å²) in [5.74, 6) is 2.53. The molecule has 1 unspecified atom stereocenters. The van der Waals surface area contributed by atoms with E-state index in [0.29, 0.717) is 0 Å². The van der Waals surface area contributed by atoms with Crippen LogP contribution in [0.5, 0.6) is 11.5 Å². The standard InChI is InChI=1S/C14H19NO3/c1-15-14(13-5-4-6-18-13)10-7-11(16-2)9-12(8-10)17-3/h5,7-9,14-15H,4,6H2,1-3H3. The summed E-state index contributed by atoms with van der Waals surface area (Å²) in [5, 5.41) is 3.26. The lowest BCUT2D eigenvalue weighted by Gasteiger charge is -2.19. The molecule has 0 radical (unpaired) electrons. The maximum absolute atomic E-state index is 5.62. The maximum Gasteiger partial charge on any atom is 0.122 e. The van der Waals surface area contributed by atoms with E-state index in [1.54, 1.807) is 14.2 Å². The molecule has 0 fully saturated rings. The van der Waals surface area contributed by atoms with Crippen molar-refractivity contribution in [3.8, 4) is 11.5 Å². The Kier molecular flexibility index (Phi) is 4.10. The summed E-state index contributed by atoms with van der Waals surface area (Å²) in [4.78, 5) is 0. The Morgan fingerprint density at radius 3 is 2.28 bits per heavy atom. The monoisotopic (exact) mass is 249 g/mol. The molecule has 0 bridgehead atoms. The largest absolute Gasteiger partial charge is 0.497 e. The van der Waals surface area contributed by atoms with Crippen LogP contribution in [0.25, 0.3) is 0 Å². The van der Waals surface area contributed by atoms with Crippen molar-refractivity contribution in [3.63, 3.8) is 0 Å². The van der Waals surface area contributed by atoms with Crippen molar-refractivity contribution in [2.75, 3.05) is 27.9 Å². The third-order valence-corrected chi connectivity index (χ3v) is 3.01. The molecule has 98 valence electrons. The van der Waals surface area contributed by atoms with Gasteiger partial charge in [-0.2, -0.15) is 0 Å². The summed E-state index contributed by atoms with van der Waals surface area (Å²) in [6.45, 7) is 0.759. The molecule has 2 rings (SSSR count). The van der Waals surface area contributed by atoms with Crippen molar-refractivity contribution in [1.29, 1.82) is 0 Å². The number of benzene rings is 1. The third-order valence-electron chi connectivity index (χ3n) is 3.01. The number of methoxy groups -OCH3 is 2. The van der Waals surface area contributed by atoms with Gasteiger partial charge >= 0.3 is 0 Å². The Morgan fingerprint density at radius 2 is 1.83 bits per heavy atom. The third kappa shape index (κ3) is 2.59. The van der Waals surface area contributed by atoms with Gasteiger partial charge in [-0.05, 0) is 30.8 Å². The molecule has 18 heavy (non-hydrogen) atoms. The first-order chi connectivity index (χ1) is 8.78. The number of rotatable bonds is 5. The van der Waals surface area contributed by atoms with E-state index in [1.165, 1.54) is 0 Å². The average molecular weight is 249 g/mol. The van der Waals surface area contributed by atoms with Crippen LogP contribution in [0.4, 0.5) is 0 Å². The van der Waals surface area contributed by atoms with E-state index in [0.717, 1.165) is 35.8 Å². The molecule has 0 saturated heterocycles. The van der Waals surface area contributed by atoms with Crippen molar-refractivity contribution >= 4 is 0 Å². The van der Waals surface area contributed by atoms with Gasteiger partial charge in [-0.15, -0.1) is 0 Å². The van der Waals surface area contributed by atoms with Gasteiger partial charge in [0.2, 0.25) is 0 Å². The van der Waals surface area contributed by atoms with Crippen LogP contribution in [0.1, 0.15) is 18.0 Å². The van der Waals surface area contributed by atoms with Crippen LogP contribution < -0.4 is 14.8 Å². The predicted molar refractivity (Wildman–Crippen MR) is 70.0 cm³/mol. The molecule has 1 N–H and O–H groups in total. The van der Waals surface area contributed by atoms with E-state index < -0.39 is 0 Å². The quantitative estimate of drug-likeness (QED) is 0.869. The number of ether oxygens (including phenoxy) is 3. The molecule has 4 nitrogen and oxygen atoms in total. The molecule has 0 saturated carbocycles. The van der Waals surface area contributed by atoms with Crippen molar-refractivity contribution < 1.29 is 14.2 Å². The minimum atomic E-state index is 0.0384. The first-order valence-corrected chi connectivity index (χ1v) is 6.01. The van der Waals surface area contributed by atoms with Crippen molar-refractivity contribution in [3.05, 3.63) is 35.6 Å². The fraction of sp³-hybridized carbons (Fsp3) is 0.429. The van der Waals surface area contributed by atoms with Crippen LogP contribution in [-0.2, 0) is 4.74 Å². The fourth-order valence-corrected chi connectivity index (χ4v) is 2.11. The van der Waals surface area contributed by atoms with Gasteiger partial charge in [-0.25, -0.2) is 0 Å². The molecule has 1 aliphatic rings. The normalized spacial score (nSPS) is 15.8. The molecule has 0 aromatic heterocycles. The van der Waals surface area contributed by atoms with Crippen LogP contribution in [0, 0.1) is 0 Å². The summed E-state index contributed by atoms with van der Waals surface area (Å²) in [5.41, 5.74) is 1.07. The summed E-state index contributed by atoms with van der Waals surface area (Å²) in [6.07, 6.45) is 3.09. The molecule has 0 aliphatic carbocycles. The highest BCUT2D eigenvalue weighted by molar-refractivity contribution is 5.41. The van der Waals surface area contributed by atoms with E-state index >= 15 is 0 Å². The molecule has 1 aromatic rings. The molecule has 4 heteroatoms. The molecular weight excluding hydrogens is 230 g/mol. The lowest BCUT2D eigenvalue weighted by Crippen LogP contribution is -2.19. The van der Waals surface area contributed by atoms with E-state index in [9.17, 15) is 0 Å². The van der Waals surface area contributed by atoms with Gasteiger partial charge in [-0.3, -0.25) is 0 Å². The van der Waals surface area contributed by atoms with Gasteiger partial charge in [0.15, 0.2) is 0 Å². The molecule has 1 heterocycles. The second-order valence-electron chi connectivity index (χ2n) is 4.11. The minimum absolute atomic E-state index is 0.0384. The Balaban J connectivity index is 2.34. The smallest absolute Gasteiger partial charge is 0.122 e. The first kappa shape index (κ1) is 12.8. The van der Waals surface area contributed by atoms with Crippen molar-refractivity contribution in [2.24, 2.45) is 0 Å². The van der Waals surface area contributed by atoms with Gasteiger partial charge in [0, 0.05) is 12.5 Å². The molecule has 0 amide bonds. The lowest BCUT2D eigenvalue weighted by molar-refractivity contribution is 0.218. The SMILES string of the molecule is CNC(C1=CCCO1)c1cc(OC)cc(OC)c1. The van der Waals surface area contributed by atoms with E-state index in [2.05, 4.69) is 11.4 Å². The number of hydrogen-bond donors (Lipinski definition) is 1. The van der Waals surface area contributed by atoms with Gasteiger partial charge in [0.1, 0.15) is 17.3 Å².